The summed E-state index contributed by atoms with van der Waals surface area (Å²) >= 11 is 0. The highest BCUT2D eigenvalue weighted by atomic mass is 32.2. The van der Waals surface area contributed by atoms with Gasteiger partial charge in [-0.1, -0.05) is 12.1 Å². The normalized spacial score (nSPS) is 18.4. The Kier molecular flexibility index (Phi) is 4.59. The molecule has 1 N–H and O–H groups in total. The van der Waals surface area contributed by atoms with Gasteiger partial charge in [0.1, 0.15) is 0 Å². The predicted molar refractivity (Wildman–Crippen MR) is 73.8 cm³/mol. The van der Waals surface area contributed by atoms with Crippen LogP contribution in [0.1, 0.15) is 12.8 Å². The Balaban J connectivity index is 2.21. The second-order valence-corrected chi connectivity index (χ2v) is 6.91. The molecule has 0 unspecified atom stereocenters. The second-order valence-electron chi connectivity index (χ2n) is 5.02. The molecule has 0 spiro atoms. The van der Waals surface area contributed by atoms with E-state index >= 15 is 0 Å². The summed E-state index contributed by atoms with van der Waals surface area (Å²) in [5.74, 6) is -3.40. The summed E-state index contributed by atoms with van der Waals surface area (Å²) in [6.45, 7) is 1.81. The molecule has 20 heavy (non-hydrogen) atoms. The Bertz CT molecular complexity index is 555. The number of likely N-dealkylation sites (tertiary alicyclic amines) is 1. The smallest absolute Gasteiger partial charge is 0.341 e. The average Bonchev–Trinajstić information content (AvgIpc) is 2.41. The number of piperidine rings is 1. The van der Waals surface area contributed by atoms with Gasteiger partial charge in [-0.3, -0.25) is 0 Å². The van der Waals surface area contributed by atoms with Gasteiger partial charge in [-0.2, -0.15) is 8.78 Å². The Labute approximate surface area is 117 Å². The molecule has 1 aliphatic rings. The van der Waals surface area contributed by atoms with Gasteiger partial charge in [0.15, 0.2) is 0 Å². The molecule has 2 rings (SSSR count). The highest BCUT2D eigenvalue weighted by molar-refractivity contribution is 7.91. The van der Waals surface area contributed by atoms with Crippen molar-refractivity contribution < 1.29 is 17.2 Å². The van der Waals surface area contributed by atoms with Crippen molar-refractivity contribution in [2.24, 2.45) is 0 Å². The van der Waals surface area contributed by atoms with Crippen molar-refractivity contribution in [1.82, 2.24) is 4.90 Å². The fraction of sp³-hybridized carbons (Fsp3) is 0.538. The average molecular weight is 304 g/mol. The van der Waals surface area contributed by atoms with E-state index in [1.807, 2.05) is 7.05 Å². The minimum atomic E-state index is -4.58. The lowest BCUT2D eigenvalue weighted by Crippen LogP contribution is -2.37. The number of nitrogens with zero attached hydrogens (tertiary/aromatic N) is 1. The molecular weight excluding hydrogens is 286 g/mol. The molecule has 112 valence electrons. The van der Waals surface area contributed by atoms with E-state index in [1.54, 1.807) is 6.07 Å². The first kappa shape index (κ1) is 15.2. The molecule has 0 bridgehead atoms. The van der Waals surface area contributed by atoms with Crippen molar-refractivity contribution in [2.45, 2.75) is 29.5 Å². The summed E-state index contributed by atoms with van der Waals surface area (Å²) in [7, 11) is -2.56. The highest BCUT2D eigenvalue weighted by Gasteiger charge is 2.29. The fourth-order valence-corrected chi connectivity index (χ4v) is 3.20. The van der Waals surface area contributed by atoms with Crippen LogP contribution in [0.15, 0.2) is 29.2 Å². The van der Waals surface area contributed by atoms with Crippen LogP contribution in [0.3, 0.4) is 0 Å². The van der Waals surface area contributed by atoms with Gasteiger partial charge >= 0.3 is 5.76 Å². The number of sulfone groups is 1. The number of benzene rings is 1. The van der Waals surface area contributed by atoms with Gasteiger partial charge in [0, 0.05) is 6.04 Å². The third-order valence-electron chi connectivity index (χ3n) is 3.51. The highest BCUT2D eigenvalue weighted by Crippen LogP contribution is 2.27. The van der Waals surface area contributed by atoms with Crippen molar-refractivity contribution in [1.29, 1.82) is 0 Å². The first-order valence-electron chi connectivity index (χ1n) is 6.47. The maximum absolute atomic E-state index is 12.7. The van der Waals surface area contributed by atoms with Crippen LogP contribution in [0, 0.1) is 0 Å². The third kappa shape index (κ3) is 3.27. The molecule has 1 heterocycles. The molecule has 4 nitrogen and oxygen atoms in total. The van der Waals surface area contributed by atoms with Gasteiger partial charge in [-0.05, 0) is 45.1 Å². The van der Waals surface area contributed by atoms with Crippen molar-refractivity contribution in [2.75, 3.05) is 25.5 Å². The molecule has 0 aliphatic carbocycles. The lowest BCUT2D eigenvalue weighted by molar-refractivity contribution is 0.234. The van der Waals surface area contributed by atoms with Gasteiger partial charge in [0.25, 0.3) is 0 Å². The van der Waals surface area contributed by atoms with Crippen LogP contribution in [0.5, 0.6) is 0 Å². The molecule has 1 aliphatic heterocycles. The van der Waals surface area contributed by atoms with Crippen LogP contribution in [-0.4, -0.2) is 45.3 Å². The van der Waals surface area contributed by atoms with E-state index in [2.05, 4.69) is 10.2 Å². The number of nitrogens with one attached hydrogen (secondary N) is 1. The van der Waals surface area contributed by atoms with Crippen LogP contribution in [0.2, 0.25) is 0 Å². The number of anilines is 1. The molecule has 1 aromatic rings. The van der Waals surface area contributed by atoms with E-state index in [1.165, 1.54) is 18.2 Å². The molecule has 0 atom stereocenters. The molecule has 1 aromatic carbocycles. The summed E-state index contributed by atoms with van der Waals surface area (Å²) in [5, 5.41) is 3.09. The zero-order valence-electron chi connectivity index (χ0n) is 11.2. The van der Waals surface area contributed by atoms with Crippen LogP contribution >= 0.6 is 0 Å². The van der Waals surface area contributed by atoms with Crippen LogP contribution in [0.25, 0.3) is 0 Å². The largest absolute Gasteiger partial charge is 0.381 e. The number of halogens is 2. The van der Waals surface area contributed by atoms with Crippen molar-refractivity contribution in [3.05, 3.63) is 24.3 Å². The van der Waals surface area contributed by atoms with Crippen molar-refractivity contribution in [3.8, 4) is 0 Å². The van der Waals surface area contributed by atoms with Crippen molar-refractivity contribution >= 4 is 15.5 Å². The predicted octanol–water partition coefficient (Wildman–Crippen LogP) is 2.19. The monoisotopic (exact) mass is 304 g/mol. The summed E-state index contributed by atoms with van der Waals surface area (Å²) in [5.41, 5.74) is 0.266. The fourth-order valence-electron chi connectivity index (χ4n) is 2.30. The lowest BCUT2D eigenvalue weighted by atomic mass is 10.1. The molecule has 0 radical (unpaired) electrons. The zero-order chi connectivity index (χ0) is 14.8. The second kappa shape index (κ2) is 6.05. The van der Waals surface area contributed by atoms with Crippen LogP contribution in [-0.2, 0) is 9.84 Å². The number of hydrogen-bond acceptors (Lipinski definition) is 4. The standard InChI is InChI=1S/C13H18F2N2O2S/c1-17-8-6-10(7-9-17)16-11-4-2-3-5-12(11)20(18,19)13(14)15/h2-5,10,13,16H,6-9H2,1H3. The Morgan fingerprint density at radius 2 is 1.85 bits per heavy atom. The molecular formula is C13H18F2N2O2S. The quantitative estimate of drug-likeness (QED) is 0.926. The van der Waals surface area contributed by atoms with E-state index in [9.17, 15) is 17.2 Å². The van der Waals surface area contributed by atoms with E-state index in [-0.39, 0.29) is 16.6 Å². The Morgan fingerprint density at radius 1 is 1.25 bits per heavy atom. The van der Waals surface area contributed by atoms with E-state index in [0.717, 1.165) is 25.9 Å². The third-order valence-corrected chi connectivity index (χ3v) is 4.94. The summed E-state index contributed by atoms with van der Waals surface area (Å²) < 4.78 is 48.7. The van der Waals surface area contributed by atoms with Gasteiger partial charge in [-0.15, -0.1) is 0 Å². The first-order valence-corrected chi connectivity index (χ1v) is 8.02. The Hall–Kier alpha value is -1.21. The van der Waals surface area contributed by atoms with E-state index in [0.29, 0.717) is 0 Å². The number of rotatable bonds is 4. The van der Waals surface area contributed by atoms with Gasteiger partial charge < -0.3 is 10.2 Å². The molecule has 7 heteroatoms. The molecule has 0 saturated carbocycles. The summed E-state index contributed by atoms with van der Waals surface area (Å²) in [6, 6.07) is 5.96. The minimum Gasteiger partial charge on any atom is -0.381 e. The molecule has 1 saturated heterocycles. The van der Waals surface area contributed by atoms with Crippen molar-refractivity contribution in [3.63, 3.8) is 0 Å². The van der Waals surface area contributed by atoms with E-state index in [4.69, 9.17) is 0 Å². The summed E-state index contributed by atoms with van der Waals surface area (Å²) in [6.07, 6.45) is 1.72. The SMILES string of the molecule is CN1CCC(Nc2ccccc2S(=O)(=O)C(F)F)CC1. The van der Waals surface area contributed by atoms with Gasteiger partial charge in [0.2, 0.25) is 9.84 Å². The topological polar surface area (TPSA) is 49.4 Å². The minimum absolute atomic E-state index is 0.111. The summed E-state index contributed by atoms with van der Waals surface area (Å²) in [4.78, 5) is 1.86. The number of hydrogen-bond donors (Lipinski definition) is 1. The molecule has 1 fully saturated rings. The van der Waals surface area contributed by atoms with E-state index < -0.39 is 15.6 Å². The lowest BCUT2D eigenvalue weighted by Gasteiger charge is -2.30. The van der Waals surface area contributed by atoms with Crippen LogP contribution < -0.4 is 5.32 Å². The maximum atomic E-state index is 12.7. The molecule has 0 aromatic heterocycles. The molecule has 0 amide bonds. The van der Waals surface area contributed by atoms with Crippen LogP contribution in [0.4, 0.5) is 14.5 Å². The van der Waals surface area contributed by atoms with Gasteiger partial charge in [-0.25, -0.2) is 8.42 Å². The first-order chi connectivity index (χ1) is 9.41. The number of para-hydroxylation sites is 1. The maximum Gasteiger partial charge on any atom is 0.341 e. The number of alkyl halides is 2. The Morgan fingerprint density at radius 3 is 2.45 bits per heavy atom. The zero-order valence-corrected chi connectivity index (χ0v) is 12.0. The van der Waals surface area contributed by atoms with Gasteiger partial charge in [0.05, 0.1) is 10.6 Å².